The van der Waals surface area contributed by atoms with Gasteiger partial charge >= 0.3 is 5.97 Å². The van der Waals surface area contributed by atoms with Crippen LogP contribution in [-0.2, 0) is 19.0 Å². The molecule has 5 heteroatoms. The Hall–Kier alpha value is -0.650. The summed E-state index contributed by atoms with van der Waals surface area (Å²) in [5.74, 6) is -0.0717. The standard InChI is InChI=1S/C19H31NO4/c1-2-22-17(21)15-3-5-18(6-4-15)13-16(14-18)20-9-7-19(8-10-20)23-11-12-24-19/h15-16H,2-14H2,1H3. The van der Waals surface area contributed by atoms with E-state index in [0.29, 0.717) is 12.0 Å². The first-order chi connectivity index (χ1) is 11.6. The van der Waals surface area contributed by atoms with Crippen LogP contribution in [0.3, 0.4) is 0 Å². The smallest absolute Gasteiger partial charge is 0.308 e. The second kappa shape index (κ2) is 6.58. The predicted molar refractivity (Wildman–Crippen MR) is 89.5 cm³/mol. The van der Waals surface area contributed by atoms with Gasteiger partial charge in [0.25, 0.3) is 0 Å². The van der Waals surface area contributed by atoms with Gasteiger partial charge in [-0.1, -0.05) is 0 Å². The van der Waals surface area contributed by atoms with E-state index in [-0.39, 0.29) is 17.7 Å². The van der Waals surface area contributed by atoms with Crippen molar-refractivity contribution in [3.63, 3.8) is 0 Å². The number of esters is 1. The maximum Gasteiger partial charge on any atom is 0.308 e. The summed E-state index contributed by atoms with van der Waals surface area (Å²) in [6.07, 6.45) is 9.12. The molecule has 0 aromatic rings. The van der Waals surface area contributed by atoms with Crippen molar-refractivity contribution in [1.29, 1.82) is 0 Å². The Morgan fingerprint density at radius 2 is 1.71 bits per heavy atom. The van der Waals surface area contributed by atoms with Gasteiger partial charge in [-0.15, -0.1) is 0 Å². The molecule has 0 atom stereocenters. The lowest BCUT2D eigenvalue weighted by atomic mass is 9.56. The van der Waals surface area contributed by atoms with Crippen molar-refractivity contribution in [2.24, 2.45) is 11.3 Å². The van der Waals surface area contributed by atoms with E-state index in [2.05, 4.69) is 4.90 Å². The lowest BCUT2D eigenvalue weighted by molar-refractivity contribution is -0.194. The molecule has 0 unspecified atom stereocenters. The van der Waals surface area contributed by atoms with Gasteiger partial charge < -0.3 is 14.2 Å². The molecule has 5 nitrogen and oxygen atoms in total. The zero-order chi connectivity index (χ0) is 16.6. The minimum atomic E-state index is -0.254. The molecule has 24 heavy (non-hydrogen) atoms. The first kappa shape index (κ1) is 16.8. The monoisotopic (exact) mass is 337 g/mol. The Labute approximate surface area is 145 Å². The molecule has 2 spiro atoms. The number of hydrogen-bond acceptors (Lipinski definition) is 5. The van der Waals surface area contributed by atoms with Crippen LogP contribution in [0.25, 0.3) is 0 Å². The van der Waals surface area contributed by atoms with Crippen molar-refractivity contribution in [2.45, 2.75) is 70.1 Å². The normalized spacial score (nSPS) is 39.0. The molecule has 0 bridgehead atoms. The number of carbonyl (C=O) groups is 1. The van der Waals surface area contributed by atoms with E-state index in [0.717, 1.165) is 58.0 Å². The van der Waals surface area contributed by atoms with Gasteiger partial charge in [-0.05, 0) is 50.9 Å². The molecule has 2 heterocycles. The van der Waals surface area contributed by atoms with E-state index in [9.17, 15) is 4.79 Å². The minimum absolute atomic E-state index is 0.0288. The summed E-state index contributed by atoms with van der Waals surface area (Å²) in [6, 6.07) is 0.739. The Morgan fingerprint density at radius 1 is 1.08 bits per heavy atom. The molecule has 2 aliphatic heterocycles. The molecular weight excluding hydrogens is 306 g/mol. The Kier molecular flexibility index (Phi) is 4.61. The van der Waals surface area contributed by atoms with Crippen LogP contribution in [0, 0.1) is 11.3 Å². The van der Waals surface area contributed by atoms with E-state index in [4.69, 9.17) is 14.2 Å². The van der Waals surface area contributed by atoms with Gasteiger partial charge in [0.2, 0.25) is 0 Å². The highest BCUT2D eigenvalue weighted by molar-refractivity contribution is 5.72. The first-order valence-corrected chi connectivity index (χ1v) is 9.82. The Balaban J connectivity index is 1.22. The van der Waals surface area contributed by atoms with E-state index in [1.165, 1.54) is 25.7 Å². The van der Waals surface area contributed by atoms with Crippen LogP contribution in [0.15, 0.2) is 0 Å². The molecule has 0 radical (unpaired) electrons. The van der Waals surface area contributed by atoms with Crippen LogP contribution in [0.5, 0.6) is 0 Å². The number of likely N-dealkylation sites (tertiary alicyclic amines) is 1. The van der Waals surface area contributed by atoms with E-state index in [1.807, 2.05) is 6.92 Å². The number of rotatable bonds is 3. The van der Waals surface area contributed by atoms with Crippen molar-refractivity contribution in [2.75, 3.05) is 32.9 Å². The highest BCUT2D eigenvalue weighted by Gasteiger charge is 2.50. The molecule has 4 aliphatic rings. The fourth-order valence-electron chi connectivity index (χ4n) is 5.35. The molecule has 0 aromatic carbocycles. The van der Waals surface area contributed by atoms with Crippen molar-refractivity contribution in [3.05, 3.63) is 0 Å². The van der Waals surface area contributed by atoms with E-state index < -0.39 is 0 Å². The number of nitrogens with zero attached hydrogens (tertiary/aromatic N) is 1. The fourth-order valence-corrected chi connectivity index (χ4v) is 5.35. The summed E-state index contributed by atoms with van der Waals surface area (Å²) in [4.78, 5) is 14.5. The summed E-state index contributed by atoms with van der Waals surface area (Å²) in [5.41, 5.74) is 0.517. The molecule has 2 saturated heterocycles. The van der Waals surface area contributed by atoms with Crippen molar-refractivity contribution in [3.8, 4) is 0 Å². The third kappa shape index (κ3) is 3.11. The average molecular weight is 337 g/mol. The molecule has 2 saturated carbocycles. The maximum absolute atomic E-state index is 11.9. The molecule has 136 valence electrons. The molecule has 2 aliphatic carbocycles. The van der Waals surface area contributed by atoms with Gasteiger partial charge in [0.15, 0.2) is 5.79 Å². The van der Waals surface area contributed by atoms with Gasteiger partial charge in [-0.2, -0.15) is 0 Å². The first-order valence-electron chi connectivity index (χ1n) is 9.82. The van der Waals surface area contributed by atoms with Gasteiger partial charge in [-0.25, -0.2) is 0 Å². The molecule has 0 N–H and O–H groups in total. The molecule has 0 amide bonds. The van der Waals surface area contributed by atoms with Crippen LogP contribution in [0.1, 0.15) is 58.3 Å². The molecular formula is C19H31NO4. The third-order valence-electron chi connectivity index (χ3n) is 6.89. The number of ether oxygens (including phenoxy) is 3. The summed E-state index contributed by atoms with van der Waals surface area (Å²) in [6.45, 7) is 6.12. The lowest BCUT2D eigenvalue weighted by Gasteiger charge is -2.56. The second-order valence-corrected chi connectivity index (χ2v) is 8.23. The average Bonchev–Trinajstić information content (AvgIpc) is 3.02. The second-order valence-electron chi connectivity index (χ2n) is 8.23. The highest BCUT2D eigenvalue weighted by Crippen LogP contribution is 2.55. The minimum Gasteiger partial charge on any atom is -0.466 e. The van der Waals surface area contributed by atoms with Crippen LogP contribution < -0.4 is 0 Å². The maximum atomic E-state index is 11.9. The lowest BCUT2D eigenvalue weighted by Crippen LogP contribution is -2.56. The zero-order valence-corrected chi connectivity index (χ0v) is 14.9. The van der Waals surface area contributed by atoms with Gasteiger partial charge in [0.05, 0.1) is 25.7 Å². The van der Waals surface area contributed by atoms with Gasteiger partial charge in [-0.3, -0.25) is 9.69 Å². The third-order valence-corrected chi connectivity index (χ3v) is 6.89. The fraction of sp³-hybridized carbons (Fsp3) is 0.947. The van der Waals surface area contributed by atoms with Crippen molar-refractivity contribution < 1.29 is 19.0 Å². The summed E-state index contributed by atoms with van der Waals surface area (Å²) >= 11 is 0. The largest absolute Gasteiger partial charge is 0.466 e. The zero-order valence-electron chi connectivity index (χ0n) is 14.9. The topological polar surface area (TPSA) is 48.0 Å². The summed E-state index contributed by atoms with van der Waals surface area (Å²) in [7, 11) is 0. The highest BCUT2D eigenvalue weighted by atomic mass is 16.7. The summed E-state index contributed by atoms with van der Waals surface area (Å²) < 4.78 is 16.9. The number of piperidine rings is 1. The van der Waals surface area contributed by atoms with Gasteiger partial charge in [0.1, 0.15) is 0 Å². The Morgan fingerprint density at radius 3 is 2.29 bits per heavy atom. The van der Waals surface area contributed by atoms with Crippen LogP contribution in [-0.4, -0.2) is 55.6 Å². The van der Waals surface area contributed by atoms with E-state index >= 15 is 0 Å². The van der Waals surface area contributed by atoms with Crippen LogP contribution >= 0.6 is 0 Å². The SMILES string of the molecule is CCOC(=O)C1CCC2(CC1)CC(N1CCC3(CC1)OCCO3)C2. The molecule has 4 fully saturated rings. The number of hydrogen-bond donors (Lipinski definition) is 0. The van der Waals surface area contributed by atoms with Crippen molar-refractivity contribution in [1.82, 2.24) is 4.90 Å². The van der Waals surface area contributed by atoms with E-state index in [1.54, 1.807) is 0 Å². The molecule has 4 rings (SSSR count). The quantitative estimate of drug-likeness (QED) is 0.741. The number of carbonyl (C=O) groups excluding carboxylic acids is 1. The van der Waals surface area contributed by atoms with Crippen LogP contribution in [0.4, 0.5) is 0 Å². The van der Waals surface area contributed by atoms with Gasteiger partial charge in [0, 0.05) is 32.0 Å². The van der Waals surface area contributed by atoms with Crippen LogP contribution in [0.2, 0.25) is 0 Å². The molecule has 0 aromatic heterocycles. The summed E-state index contributed by atoms with van der Waals surface area (Å²) in [5, 5.41) is 0. The predicted octanol–water partition coefficient (Wildman–Crippen LogP) is 2.73. The van der Waals surface area contributed by atoms with Crippen molar-refractivity contribution >= 4 is 5.97 Å². The Bertz CT molecular complexity index is 448.